The van der Waals surface area contributed by atoms with E-state index < -0.39 is 12.2 Å². The third kappa shape index (κ3) is 2.74. The molecule has 2 aromatic rings. The topological polar surface area (TPSA) is 35.2 Å². The maximum atomic E-state index is 13.3. The van der Waals surface area contributed by atoms with Gasteiger partial charge in [0.25, 0.3) is 6.43 Å². The number of benzene rings is 2. The molecular formula is C16H14F3NO. The summed E-state index contributed by atoms with van der Waals surface area (Å²) in [4.78, 5) is 0. The van der Waals surface area contributed by atoms with E-state index in [-0.39, 0.29) is 17.7 Å². The molecule has 2 nitrogen and oxygen atoms in total. The standard InChI is InChI=1S/C16H14F3NO/c17-11-5-6-12-13(20)8-14(21-15(12)7-11)9-1-3-10(4-2-9)16(18)19/h1-7,13-14,16H,8,20H2/t13-,14?/m1/s1. The van der Waals surface area contributed by atoms with Crippen molar-refractivity contribution in [1.29, 1.82) is 0 Å². The Balaban J connectivity index is 1.88. The second kappa shape index (κ2) is 5.41. The molecule has 0 radical (unpaired) electrons. The van der Waals surface area contributed by atoms with Gasteiger partial charge in [-0.1, -0.05) is 30.3 Å². The van der Waals surface area contributed by atoms with E-state index in [1.54, 1.807) is 18.2 Å². The smallest absolute Gasteiger partial charge is 0.263 e. The first-order chi connectivity index (χ1) is 10.0. The molecule has 0 aliphatic carbocycles. The fraction of sp³-hybridized carbons (Fsp3) is 0.250. The van der Waals surface area contributed by atoms with Gasteiger partial charge in [-0.05, 0) is 11.6 Å². The van der Waals surface area contributed by atoms with Crippen LogP contribution in [0.25, 0.3) is 0 Å². The lowest BCUT2D eigenvalue weighted by molar-refractivity contribution is 0.150. The molecule has 2 aromatic carbocycles. The van der Waals surface area contributed by atoms with Crippen molar-refractivity contribution in [1.82, 2.24) is 0 Å². The van der Waals surface area contributed by atoms with Crippen LogP contribution in [0.3, 0.4) is 0 Å². The van der Waals surface area contributed by atoms with Gasteiger partial charge in [0, 0.05) is 29.7 Å². The van der Waals surface area contributed by atoms with E-state index in [4.69, 9.17) is 10.5 Å². The maximum Gasteiger partial charge on any atom is 0.263 e. The Labute approximate surface area is 120 Å². The van der Waals surface area contributed by atoms with Gasteiger partial charge in [0.05, 0.1) is 0 Å². The Hall–Kier alpha value is -2.01. The highest BCUT2D eigenvalue weighted by atomic mass is 19.3. The lowest BCUT2D eigenvalue weighted by atomic mass is 9.93. The van der Waals surface area contributed by atoms with Gasteiger partial charge in [0.2, 0.25) is 0 Å². The van der Waals surface area contributed by atoms with Crippen molar-refractivity contribution in [2.45, 2.75) is 25.0 Å². The van der Waals surface area contributed by atoms with Gasteiger partial charge in [0.15, 0.2) is 0 Å². The zero-order valence-corrected chi connectivity index (χ0v) is 11.1. The van der Waals surface area contributed by atoms with Crippen molar-refractivity contribution in [2.75, 3.05) is 0 Å². The van der Waals surface area contributed by atoms with Gasteiger partial charge in [-0.3, -0.25) is 0 Å². The number of fused-ring (bicyclic) bond motifs is 1. The van der Waals surface area contributed by atoms with Crippen LogP contribution in [0, 0.1) is 5.82 Å². The molecular weight excluding hydrogens is 279 g/mol. The number of alkyl halides is 2. The molecule has 2 N–H and O–H groups in total. The van der Waals surface area contributed by atoms with E-state index in [2.05, 4.69) is 0 Å². The minimum atomic E-state index is -2.50. The van der Waals surface area contributed by atoms with Crippen LogP contribution in [0.15, 0.2) is 42.5 Å². The average Bonchev–Trinajstić information content (AvgIpc) is 2.46. The second-order valence-electron chi connectivity index (χ2n) is 5.10. The summed E-state index contributed by atoms with van der Waals surface area (Å²) in [5.41, 5.74) is 7.56. The Morgan fingerprint density at radius 1 is 1.10 bits per heavy atom. The van der Waals surface area contributed by atoms with Gasteiger partial charge in [-0.2, -0.15) is 0 Å². The summed E-state index contributed by atoms with van der Waals surface area (Å²) in [6, 6.07) is 9.94. The molecule has 110 valence electrons. The van der Waals surface area contributed by atoms with Crippen LogP contribution in [0.5, 0.6) is 5.75 Å². The van der Waals surface area contributed by atoms with Crippen LogP contribution in [-0.2, 0) is 0 Å². The molecule has 1 heterocycles. The molecule has 0 spiro atoms. The van der Waals surface area contributed by atoms with Crippen LogP contribution in [0.4, 0.5) is 13.2 Å². The molecule has 0 saturated heterocycles. The predicted molar refractivity (Wildman–Crippen MR) is 72.7 cm³/mol. The SMILES string of the molecule is N[C@@H]1CC(c2ccc(C(F)F)cc2)Oc2cc(F)ccc21. The van der Waals surface area contributed by atoms with Gasteiger partial charge >= 0.3 is 0 Å². The first-order valence-corrected chi connectivity index (χ1v) is 6.64. The van der Waals surface area contributed by atoms with Gasteiger partial charge in [-0.25, -0.2) is 13.2 Å². The molecule has 5 heteroatoms. The van der Waals surface area contributed by atoms with E-state index in [9.17, 15) is 13.2 Å². The predicted octanol–water partition coefficient (Wildman–Crippen LogP) is 4.29. The Bertz CT molecular complexity index is 642. The van der Waals surface area contributed by atoms with E-state index in [0.717, 1.165) is 11.1 Å². The summed E-state index contributed by atoms with van der Waals surface area (Å²) in [7, 11) is 0. The summed E-state index contributed by atoms with van der Waals surface area (Å²) in [6.45, 7) is 0. The van der Waals surface area contributed by atoms with Gasteiger partial charge in [0.1, 0.15) is 17.7 Å². The quantitative estimate of drug-likeness (QED) is 0.896. The first kappa shape index (κ1) is 13.9. The monoisotopic (exact) mass is 293 g/mol. The number of rotatable bonds is 2. The van der Waals surface area contributed by atoms with E-state index >= 15 is 0 Å². The zero-order chi connectivity index (χ0) is 15.0. The van der Waals surface area contributed by atoms with Crippen LogP contribution in [-0.4, -0.2) is 0 Å². The van der Waals surface area contributed by atoms with E-state index in [1.807, 2.05) is 0 Å². The highest BCUT2D eigenvalue weighted by molar-refractivity contribution is 5.39. The molecule has 0 amide bonds. The van der Waals surface area contributed by atoms with E-state index in [0.29, 0.717) is 12.2 Å². The number of hydrogen-bond donors (Lipinski definition) is 1. The summed E-state index contributed by atoms with van der Waals surface area (Å²) in [5.74, 6) is 0.0198. The van der Waals surface area contributed by atoms with Crippen molar-refractivity contribution in [3.63, 3.8) is 0 Å². The molecule has 1 unspecified atom stereocenters. The molecule has 0 aromatic heterocycles. The fourth-order valence-corrected chi connectivity index (χ4v) is 2.54. The van der Waals surface area contributed by atoms with Crippen LogP contribution in [0.1, 0.15) is 41.7 Å². The average molecular weight is 293 g/mol. The van der Waals surface area contributed by atoms with Crippen LogP contribution in [0.2, 0.25) is 0 Å². The fourth-order valence-electron chi connectivity index (χ4n) is 2.54. The minimum Gasteiger partial charge on any atom is -0.485 e. The van der Waals surface area contributed by atoms with Crippen LogP contribution >= 0.6 is 0 Å². The molecule has 1 aliphatic rings. The van der Waals surface area contributed by atoms with Gasteiger partial charge < -0.3 is 10.5 Å². The summed E-state index contributed by atoms with van der Waals surface area (Å²) in [6.07, 6.45) is -2.34. The lowest BCUT2D eigenvalue weighted by Crippen LogP contribution is -2.24. The highest BCUT2D eigenvalue weighted by Gasteiger charge is 2.27. The van der Waals surface area contributed by atoms with Gasteiger partial charge in [-0.15, -0.1) is 0 Å². The normalized spacial score (nSPS) is 21.0. The minimum absolute atomic E-state index is 0.0368. The lowest BCUT2D eigenvalue weighted by Gasteiger charge is -2.30. The summed E-state index contributed by atoms with van der Waals surface area (Å²) in [5, 5.41) is 0. The summed E-state index contributed by atoms with van der Waals surface area (Å²) < 4.78 is 44.2. The molecule has 21 heavy (non-hydrogen) atoms. The van der Waals surface area contributed by atoms with Crippen molar-refractivity contribution >= 4 is 0 Å². The Morgan fingerprint density at radius 2 is 1.81 bits per heavy atom. The van der Waals surface area contributed by atoms with Crippen molar-refractivity contribution in [3.05, 3.63) is 65.0 Å². The second-order valence-corrected chi connectivity index (χ2v) is 5.10. The number of ether oxygens (including phenoxy) is 1. The third-order valence-electron chi connectivity index (χ3n) is 3.67. The van der Waals surface area contributed by atoms with E-state index in [1.165, 1.54) is 24.3 Å². The number of nitrogens with two attached hydrogens (primary N) is 1. The van der Waals surface area contributed by atoms with Crippen LogP contribution < -0.4 is 10.5 Å². The molecule has 1 aliphatic heterocycles. The maximum absolute atomic E-state index is 13.3. The highest BCUT2D eigenvalue weighted by Crippen LogP contribution is 2.40. The van der Waals surface area contributed by atoms with Crippen molar-refractivity contribution in [3.8, 4) is 5.75 Å². The molecule has 0 fully saturated rings. The molecule has 3 rings (SSSR count). The Morgan fingerprint density at radius 3 is 2.48 bits per heavy atom. The first-order valence-electron chi connectivity index (χ1n) is 6.64. The number of hydrogen-bond acceptors (Lipinski definition) is 2. The summed E-state index contributed by atoms with van der Waals surface area (Å²) >= 11 is 0. The molecule has 2 atom stereocenters. The largest absolute Gasteiger partial charge is 0.485 e. The van der Waals surface area contributed by atoms with Crippen molar-refractivity contribution in [2.24, 2.45) is 5.73 Å². The molecule has 0 bridgehead atoms. The zero-order valence-electron chi connectivity index (χ0n) is 11.1. The van der Waals surface area contributed by atoms with Crippen molar-refractivity contribution < 1.29 is 17.9 Å². The Kier molecular flexibility index (Phi) is 3.59. The third-order valence-corrected chi connectivity index (χ3v) is 3.67. The molecule has 0 saturated carbocycles. The number of halogens is 3.